The van der Waals surface area contributed by atoms with E-state index in [4.69, 9.17) is 32.8 Å². The van der Waals surface area contributed by atoms with Crippen LogP contribution in [-0.2, 0) is 47.5 Å². The van der Waals surface area contributed by atoms with E-state index < -0.39 is 93.1 Å². The van der Waals surface area contributed by atoms with Crippen LogP contribution in [0.2, 0.25) is 0 Å². The molecular weight excluding hydrogens is 1040 g/mol. The number of nitrogens with one attached hydrogen (secondary N) is 2. The molecule has 0 spiro atoms. The number of carboxylic acids is 1. The Balaban J connectivity index is 0.000000179. The molecule has 1 unspecified atom stereocenters. The van der Waals surface area contributed by atoms with E-state index in [1.807, 2.05) is 13.0 Å². The van der Waals surface area contributed by atoms with Gasteiger partial charge in [-0.3, -0.25) is 14.4 Å². The summed E-state index contributed by atoms with van der Waals surface area (Å²) >= 11 is 0. The second-order valence-corrected chi connectivity index (χ2v) is 18.8. The first-order valence-electron chi connectivity index (χ1n) is 24.3. The first-order chi connectivity index (χ1) is 37.9. The first kappa shape index (κ1) is 52.9. The number of aliphatic carboxylic acids is 1. The van der Waals surface area contributed by atoms with Gasteiger partial charge in [-0.2, -0.15) is 0 Å². The van der Waals surface area contributed by atoms with Crippen LogP contribution >= 0.6 is 0 Å². The van der Waals surface area contributed by atoms with E-state index >= 15 is 0 Å². The summed E-state index contributed by atoms with van der Waals surface area (Å²) in [5.74, 6) is -9.37. The molecule has 6 aromatic carbocycles. The predicted molar refractivity (Wildman–Crippen MR) is 270 cm³/mol. The zero-order valence-electron chi connectivity index (χ0n) is 41.9. The Labute approximate surface area is 443 Å². The Kier molecular flexibility index (Phi) is 14.1. The number of carbonyl (C=O) groups excluding carboxylic acids is 3. The number of Topliss-reactive ketones (excluding diaryl/α,β-unsaturated/α-hetero) is 1. The molecule has 0 saturated carbocycles. The van der Waals surface area contributed by atoms with Crippen LogP contribution in [0.5, 0.6) is 34.5 Å². The van der Waals surface area contributed by atoms with Crippen molar-refractivity contribution in [2.75, 3.05) is 26.4 Å². The molecule has 2 atom stereocenters. The van der Waals surface area contributed by atoms with Gasteiger partial charge in [0, 0.05) is 57.6 Å². The van der Waals surface area contributed by atoms with E-state index in [1.54, 1.807) is 44.2 Å². The summed E-state index contributed by atoms with van der Waals surface area (Å²) in [6.07, 6.45) is 4.06. The number of hydrogen-bond acceptors (Lipinski definition) is 12. The minimum Gasteiger partial charge on any atom is -0.492 e. The Hall–Kier alpha value is -9.53. The number of hydrogen-bond donors (Lipinski definition) is 3. The molecule has 0 aliphatic carbocycles. The van der Waals surface area contributed by atoms with Crippen LogP contribution in [-0.4, -0.2) is 70.2 Å². The molecule has 0 bridgehead atoms. The van der Waals surface area contributed by atoms with Gasteiger partial charge < -0.3 is 47.9 Å². The van der Waals surface area contributed by atoms with E-state index in [9.17, 15) is 50.6 Å². The van der Waals surface area contributed by atoms with Crippen LogP contribution in [0.1, 0.15) is 59.1 Å². The van der Waals surface area contributed by atoms with E-state index in [2.05, 4.69) is 15.0 Å². The maximum atomic E-state index is 14.9. The number of oxazole rings is 1. The Morgan fingerprint density at radius 3 is 1.89 bits per heavy atom. The van der Waals surface area contributed by atoms with Crippen LogP contribution in [0, 0.1) is 34.9 Å². The third-order valence-corrected chi connectivity index (χ3v) is 13.6. The highest BCUT2D eigenvalue weighted by Gasteiger charge is 2.45. The number of ketones is 1. The van der Waals surface area contributed by atoms with Crippen LogP contribution in [0.4, 0.5) is 26.3 Å². The highest BCUT2D eigenvalue weighted by atomic mass is 19.2. The molecule has 11 rings (SSSR count). The Bertz CT molecular complexity index is 3910. The van der Waals surface area contributed by atoms with Crippen molar-refractivity contribution in [2.24, 2.45) is 0 Å². The Morgan fingerprint density at radius 2 is 1.25 bits per heavy atom. The van der Waals surface area contributed by atoms with Crippen molar-refractivity contribution >= 4 is 45.5 Å². The topological polar surface area (TPSA) is 202 Å². The molecule has 0 amide bonds. The number of halogens is 6. The molecule has 0 fully saturated rings. The van der Waals surface area contributed by atoms with Gasteiger partial charge in [-0.25, -0.2) is 36.1 Å². The number of carboxylic acid groups (broad SMARTS) is 1. The molecule has 404 valence electrons. The molecule has 2 aliphatic rings. The van der Waals surface area contributed by atoms with Crippen molar-refractivity contribution < 1.29 is 83.5 Å². The fourth-order valence-electron chi connectivity index (χ4n) is 9.34. The average molecular weight is 1090 g/mol. The van der Waals surface area contributed by atoms with Crippen LogP contribution in [0.25, 0.3) is 33.3 Å². The number of carbonyl (C=O) groups is 4. The molecule has 79 heavy (non-hydrogen) atoms. The summed E-state index contributed by atoms with van der Waals surface area (Å²) in [5, 5.41) is 9.45. The second-order valence-electron chi connectivity index (χ2n) is 18.8. The zero-order chi connectivity index (χ0) is 55.9. The van der Waals surface area contributed by atoms with Gasteiger partial charge in [-0.1, -0.05) is 36.4 Å². The molecule has 0 saturated heterocycles. The monoisotopic (exact) mass is 1090 g/mol. The van der Waals surface area contributed by atoms with Crippen molar-refractivity contribution in [3.05, 3.63) is 184 Å². The quantitative estimate of drug-likeness (QED) is 0.0647. The molecule has 2 aliphatic heterocycles. The fraction of sp³-hybridized carbons (Fsp3) is 0.190. The number of H-pyrrole nitrogens is 2. The molecule has 5 heterocycles. The highest BCUT2D eigenvalue weighted by Crippen LogP contribution is 2.46. The van der Waals surface area contributed by atoms with Gasteiger partial charge in [-0.05, 0) is 69.3 Å². The third-order valence-electron chi connectivity index (χ3n) is 13.6. The number of ether oxygens (including phenoxy) is 6. The Morgan fingerprint density at radius 1 is 0.671 bits per heavy atom. The number of aromatic nitrogens is 3. The van der Waals surface area contributed by atoms with Gasteiger partial charge in [0.15, 0.2) is 47.2 Å². The van der Waals surface area contributed by atoms with Crippen molar-refractivity contribution in [3.63, 3.8) is 0 Å². The number of fused-ring (bicyclic) bond motifs is 4. The smallest absolute Gasteiger partial charge is 0.341 e. The van der Waals surface area contributed by atoms with E-state index in [1.165, 1.54) is 42.9 Å². The molecule has 21 heteroatoms. The van der Waals surface area contributed by atoms with Gasteiger partial charge in [-0.15, -0.1) is 0 Å². The molecule has 15 nitrogen and oxygen atoms in total. The average Bonchev–Trinajstić information content (AvgIpc) is 4.48. The molecule has 3 aromatic heterocycles. The first-order valence-corrected chi connectivity index (χ1v) is 24.3. The van der Waals surface area contributed by atoms with Crippen molar-refractivity contribution in [1.29, 1.82) is 0 Å². The van der Waals surface area contributed by atoms with Gasteiger partial charge >= 0.3 is 17.9 Å². The minimum atomic E-state index is -1.20. The van der Waals surface area contributed by atoms with Crippen molar-refractivity contribution in [1.82, 2.24) is 15.0 Å². The lowest BCUT2D eigenvalue weighted by molar-refractivity contribution is -0.142. The summed E-state index contributed by atoms with van der Waals surface area (Å²) in [4.78, 5) is 59.1. The lowest BCUT2D eigenvalue weighted by Gasteiger charge is -2.21. The number of para-hydroxylation sites is 2. The lowest BCUT2D eigenvalue weighted by atomic mass is 9.80. The van der Waals surface area contributed by atoms with E-state index in [0.717, 1.165) is 42.0 Å². The number of aromatic amines is 2. The molecule has 3 N–H and O–H groups in total. The second kappa shape index (κ2) is 21.1. The largest absolute Gasteiger partial charge is 0.492 e. The maximum Gasteiger partial charge on any atom is 0.341 e. The number of esters is 2. The maximum absolute atomic E-state index is 14.9. The number of benzene rings is 6. The van der Waals surface area contributed by atoms with Gasteiger partial charge in [0.2, 0.25) is 5.89 Å². The minimum absolute atomic E-state index is 0.0205. The molecule has 0 radical (unpaired) electrons. The summed E-state index contributed by atoms with van der Waals surface area (Å²) in [6.45, 7) is 4.81. The zero-order valence-corrected chi connectivity index (χ0v) is 41.9. The fourth-order valence-corrected chi connectivity index (χ4v) is 9.34. The van der Waals surface area contributed by atoms with Gasteiger partial charge in [0.25, 0.3) is 0 Å². The van der Waals surface area contributed by atoms with E-state index in [-0.39, 0.29) is 77.4 Å². The highest BCUT2D eigenvalue weighted by molar-refractivity contribution is 5.96. The van der Waals surface area contributed by atoms with E-state index in [0.29, 0.717) is 33.9 Å². The normalized spacial score (nSPS) is 16.1. The standard InChI is InChI=1S/C30H24F3NO7.C28H19F3N2O5/c1-3-38-25(36)11-16-5-4-6-20-27(16)40-15-30(20,2)24(35)14-39-29(37)19-12-17(7-8-21(19)31)41-28-22(32)13-23-18(26(28)33)9-10-34-23;1-28(13-37-25-14(9-23(34)35)3-2-4-18(25)28)22-12-36-27(33-22)17-10-15(5-6-19(17)29)38-26-20(30)11-21-16(24(26)31)7-8-32-21/h4-10,12-13,34H,3,11,14-15H2,1-2H3;2-8,10-12,32H,9,13H2,1H3,(H,34,35)/t;28-/m.1/s1. The summed E-state index contributed by atoms with van der Waals surface area (Å²) in [7, 11) is 0. The van der Waals surface area contributed by atoms with Crippen molar-refractivity contribution in [3.8, 4) is 46.0 Å². The number of rotatable bonds is 15. The summed E-state index contributed by atoms with van der Waals surface area (Å²) in [5.41, 5.74) is 0.644. The third kappa shape index (κ3) is 10.1. The van der Waals surface area contributed by atoms with Gasteiger partial charge in [0.1, 0.15) is 54.1 Å². The summed E-state index contributed by atoms with van der Waals surface area (Å²) in [6, 6.07) is 21.8. The SMILES string of the molecule is CCOC(=O)Cc1cccc2c1OCC2(C)C(=O)COC(=O)c1cc(Oc2c(F)cc3[nH]ccc3c2F)ccc1F.C[C@@]1(c2coc(-c3cc(Oc4c(F)cc5[nH]ccc5c4F)ccc3F)n2)COc2c(CC(=O)O)cccc21. The number of nitrogens with zero attached hydrogens (tertiary/aromatic N) is 1. The summed E-state index contributed by atoms with van der Waals surface area (Å²) < 4.78 is 126. The van der Waals surface area contributed by atoms with Crippen molar-refractivity contribution in [2.45, 2.75) is 44.4 Å². The van der Waals surface area contributed by atoms with Gasteiger partial charge in [0.05, 0.1) is 58.1 Å². The molecule has 9 aromatic rings. The van der Waals surface area contributed by atoms with Crippen LogP contribution in [0.3, 0.4) is 0 Å². The van der Waals surface area contributed by atoms with Crippen LogP contribution < -0.4 is 18.9 Å². The molecular formula is C58H43F6N3O12. The van der Waals surface area contributed by atoms with Crippen LogP contribution in [0.15, 0.2) is 120 Å². The predicted octanol–water partition coefficient (Wildman–Crippen LogP) is 11.9. The lowest BCUT2D eigenvalue weighted by Crippen LogP contribution is -2.37.